The van der Waals surface area contributed by atoms with Gasteiger partial charge in [0.1, 0.15) is 11.2 Å². The normalized spacial score (nSPS) is 12.2. The molecule has 3 heteroatoms. The summed E-state index contributed by atoms with van der Waals surface area (Å²) in [6.07, 6.45) is 0. The van der Waals surface area contributed by atoms with Crippen molar-refractivity contribution in [3.8, 4) is 11.1 Å². The van der Waals surface area contributed by atoms with Crippen LogP contribution in [0.3, 0.4) is 0 Å². The van der Waals surface area contributed by atoms with Gasteiger partial charge in [0, 0.05) is 20.8 Å². The van der Waals surface area contributed by atoms with Gasteiger partial charge in [-0.3, -0.25) is 0 Å². The summed E-state index contributed by atoms with van der Waals surface area (Å²) in [7, 11) is 0. The Hall–Kier alpha value is -2.10. The maximum absolute atomic E-state index is 10.6. The van der Waals surface area contributed by atoms with Crippen molar-refractivity contribution < 1.29 is 9.52 Å². The lowest BCUT2D eigenvalue weighted by atomic mass is 9.89. The molecule has 1 aromatic heterocycles. The Morgan fingerprint density at radius 2 is 1.62 bits per heavy atom. The second kappa shape index (κ2) is 5.47. The second-order valence-corrected chi connectivity index (χ2v) is 7.45. The van der Waals surface area contributed by atoms with E-state index in [9.17, 15) is 5.11 Å². The van der Waals surface area contributed by atoms with E-state index in [0.29, 0.717) is 0 Å². The fourth-order valence-electron chi connectivity index (χ4n) is 3.22. The molecule has 1 heterocycles. The van der Waals surface area contributed by atoms with E-state index in [-0.39, 0.29) is 0 Å². The van der Waals surface area contributed by atoms with Gasteiger partial charge in [0.25, 0.3) is 0 Å². The highest BCUT2D eigenvalue weighted by Crippen LogP contribution is 2.40. The zero-order valence-electron chi connectivity index (χ0n) is 13.5. The molecule has 0 aliphatic carbocycles. The minimum atomic E-state index is -0.951. The molecule has 4 rings (SSSR count). The fraction of sp³-hybridized carbons (Fsp3) is 0.143. The van der Waals surface area contributed by atoms with Crippen molar-refractivity contribution in [1.82, 2.24) is 0 Å². The molecular formula is C21H17BrO2. The standard InChI is InChI=1S/C21H17BrO2/c1-21(2,23)18-12-13(22)10-11-14(18)16-7-5-8-17-15-6-3-4-9-19(15)24-20(16)17/h3-12,23H,1-2H3. The zero-order valence-corrected chi connectivity index (χ0v) is 15.1. The van der Waals surface area contributed by atoms with Crippen LogP contribution >= 0.6 is 15.9 Å². The maximum atomic E-state index is 10.6. The topological polar surface area (TPSA) is 33.4 Å². The van der Waals surface area contributed by atoms with Gasteiger partial charge in [0.15, 0.2) is 0 Å². The van der Waals surface area contributed by atoms with Gasteiger partial charge in [-0.15, -0.1) is 0 Å². The Bertz CT molecular complexity index is 1050. The number of hydrogen-bond acceptors (Lipinski definition) is 2. The summed E-state index contributed by atoms with van der Waals surface area (Å²) in [6, 6.07) is 20.2. The molecule has 0 saturated carbocycles. The van der Waals surface area contributed by atoms with Gasteiger partial charge < -0.3 is 9.52 Å². The minimum absolute atomic E-state index is 0.853. The molecule has 4 aromatic rings. The molecule has 3 aromatic carbocycles. The number of benzene rings is 3. The van der Waals surface area contributed by atoms with E-state index in [1.165, 1.54) is 0 Å². The van der Waals surface area contributed by atoms with Crippen LogP contribution in [0.5, 0.6) is 0 Å². The number of para-hydroxylation sites is 2. The maximum Gasteiger partial charge on any atom is 0.143 e. The number of rotatable bonds is 2. The number of aliphatic hydroxyl groups is 1. The molecule has 0 radical (unpaired) electrons. The fourth-order valence-corrected chi connectivity index (χ4v) is 3.58. The molecule has 0 aliphatic heterocycles. The van der Waals surface area contributed by atoms with E-state index in [1.807, 2.05) is 48.5 Å². The van der Waals surface area contributed by atoms with E-state index >= 15 is 0 Å². The van der Waals surface area contributed by atoms with Crippen molar-refractivity contribution in [3.63, 3.8) is 0 Å². The predicted octanol–water partition coefficient (Wildman–Crippen LogP) is 6.24. The summed E-state index contributed by atoms with van der Waals surface area (Å²) in [5, 5.41) is 12.8. The molecule has 120 valence electrons. The van der Waals surface area contributed by atoms with Crippen LogP contribution in [0.4, 0.5) is 0 Å². The molecule has 0 spiro atoms. The van der Waals surface area contributed by atoms with E-state index in [0.717, 1.165) is 43.1 Å². The molecular weight excluding hydrogens is 364 g/mol. The van der Waals surface area contributed by atoms with E-state index < -0.39 is 5.60 Å². The Morgan fingerprint density at radius 3 is 2.42 bits per heavy atom. The molecule has 0 atom stereocenters. The summed E-state index contributed by atoms with van der Waals surface area (Å²) in [5.41, 5.74) is 3.62. The minimum Gasteiger partial charge on any atom is -0.455 e. The van der Waals surface area contributed by atoms with Crippen molar-refractivity contribution in [1.29, 1.82) is 0 Å². The van der Waals surface area contributed by atoms with Gasteiger partial charge in [-0.05, 0) is 43.2 Å². The third kappa shape index (κ3) is 2.45. The van der Waals surface area contributed by atoms with Gasteiger partial charge in [0.2, 0.25) is 0 Å². The predicted molar refractivity (Wildman–Crippen MR) is 102 cm³/mol. The van der Waals surface area contributed by atoms with Crippen LogP contribution in [0.15, 0.2) is 69.6 Å². The van der Waals surface area contributed by atoms with Crippen LogP contribution in [-0.2, 0) is 5.60 Å². The van der Waals surface area contributed by atoms with Crippen LogP contribution in [0.2, 0.25) is 0 Å². The van der Waals surface area contributed by atoms with E-state index in [2.05, 4.69) is 28.1 Å². The third-order valence-electron chi connectivity index (χ3n) is 4.34. The average Bonchev–Trinajstić information content (AvgIpc) is 2.93. The van der Waals surface area contributed by atoms with Crippen LogP contribution < -0.4 is 0 Å². The third-order valence-corrected chi connectivity index (χ3v) is 4.83. The molecule has 1 N–H and O–H groups in total. The SMILES string of the molecule is CC(C)(O)c1cc(Br)ccc1-c1cccc2c1oc1ccccc12. The highest BCUT2D eigenvalue weighted by Gasteiger charge is 2.23. The van der Waals surface area contributed by atoms with E-state index in [1.54, 1.807) is 13.8 Å². The van der Waals surface area contributed by atoms with Crippen molar-refractivity contribution in [2.45, 2.75) is 19.4 Å². The summed E-state index contributed by atoms with van der Waals surface area (Å²) in [6.45, 7) is 3.61. The Balaban J connectivity index is 2.08. The highest BCUT2D eigenvalue weighted by atomic mass is 79.9. The number of fused-ring (bicyclic) bond motifs is 3. The van der Waals surface area contributed by atoms with Gasteiger partial charge >= 0.3 is 0 Å². The lowest BCUT2D eigenvalue weighted by Crippen LogP contribution is -2.16. The van der Waals surface area contributed by atoms with Crippen molar-refractivity contribution in [2.75, 3.05) is 0 Å². The average molecular weight is 381 g/mol. The molecule has 0 unspecified atom stereocenters. The van der Waals surface area contributed by atoms with Crippen LogP contribution in [-0.4, -0.2) is 5.11 Å². The molecule has 0 fully saturated rings. The Morgan fingerprint density at radius 1 is 0.875 bits per heavy atom. The lowest BCUT2D eigenvalue weighted by molar-refractivity contribution is 0.0791. The molecule has 0 amide bonds. The molecule has 0 saturated heterocycles. The quantitative estimate of drug-likeness (QED) is 0.446. The van der Waals surface area contributed by atoms with Crippen molar-refractivity contribution >= 4 is 37.9 Å². The summed E-state index contributed by atoms with van der Waals surface area (Å²) < 4.78 is 7.09. The number of halogens is 1. The summed E-state index contributed by atoms with van der Waals surface area (Å²) >= 11 is 3.50. The number of furan rings is 1. The van der Waals surface area contributed by atoms with Crippen LogP contribution in [0.25, 0.3) is 33.1 Å². The van der Waals surface area contributed by atoms with Crippen LogP contribution in [0, 0.1) is 0 Å². The highest BCUT2D eigenvalue weighted by molar-refractivity contribution is 9.10. The zero-order chi connectivity index (χ0) is 16.9. The molecule has 0 aliphatic rings. The van der Waals surface area contributed by atoms with Crippen LogP contribution in [0.1, 0.15) is 19.4 Å². The van der Waals surface area contributed by atoms with Gasteiger partial charge in [0.05, 0.1) is 5.60 Å². The van der Waals surface area contributed by atoms with Crippen molar-refractivity contribution in [3.05, 3.63) is 70.7 Å². The molecule has 2 nitrogen and oxygen atoms in total. The lowest BCUT2D eigenvalue weighted by Gasteiger charge is -2.22. The summed E-state index contributed by atoms with van der Waals surface area (Å²) in [4.78, 5) is 0. The first kappa shape index (κ1) is 15.4. The smallest absolute Gasteiger partial charge is 0.143 e. The number of hydrogen-bond donors (Lipinski definition) is 1. The molecule has 0 bridgehead atoms. The Kier molecular flexibility index (Phi) is 3.52. The molecule has 24 heavy (non-hydrogen) atoms. The first-order valence-electron chi connectivity index (χ1n) is 7.88. The first-order valence-corrected chi connectivity index (χ1v) is 8.67. The van der Waals surface area contributed by atoms with Gasteiger partial charge in [-0.2, -0.15) is 0 Å². The largest absolute Gasteiger partial charge is 0.455 e. The van der Waals surface area contributed by atoms with E-state index in [4.69, 9.17) is 4.42 Å². The van der Waals surface area contributed by atoms with Crippen molar-refractivity contribution in [2.24, 2.45) is 0 Å². The second-order valence-electron chi connectivity index (χ2n) is 6.53. The summed E-state index contributed by atoms with van der Waals surface area (Å²) in [5.74, 6) is 0. The Labute approximate surface area is 148 Å². The monoisotopic (exact) mass is 380 g/mol. The first-order chi connectivity index (χ1) is 11.4. The van der Waals surface area contributed by atoms with Gasteiger partial charge in [-0.25, -0.2) is 0 Å². The van der Waals surface area contributed by atoms with Gasteiger partial charge in [-0.1, -0.05) is 58.4 Å².